The van der Waals surface area contributed by atoms with E-state index in [-0.39, 0.29) is 23.5 Å². The Balaban J connectivity index is 2.93. The zero-order valence-electron chi connectivity index (χ0n) is 9.88. The van der Waals surface area contributed by atoms with Gasteiger partial charge in [0.25, 0.3) is 0 Å². The summed E-state index contributed by atoms with van der Waals surface area (Å²) in [6.07, 6.45) is -0.635. The lowest BCUT2D eigenvalue weighted by molar-refractivity contribution is -0.136. The third-order valence-electron chi connectivity index (χ3n) is 2.80. The highest BCUT2D eigenvalue weighted by molar-refractivity contribution is 7.91. The van der Waals surface area contributed by atoms with Crippen molar-refractivity contribution in [3.05, 3.63) is 0 Å². The summed E-state index contributed by atoms with van der Waals surface area (Å²) in [5, 5.41) is 9.72. The molecule has 1 N–H and O–H groups in total. The molecule has 6 heteroatoms. The number of aliphatic hydroxyl groups excluding tert-OH is 1. The van der Waals surface area contributed by atoms with Crippen LogP contribution in [0, 0.1) is 0 Å². The van der Waals surface area contributed by atoms with E-state index in [1.54, 1.807) is 6.92 Å². The molecule has 1 heterocycles. The van der Waals surface area contributed by atoms with E-state index in [0.717, 1.165) is 0 Å². The largest absolute Gasteiger partial charge is 0.390 e. The number of rotatable bonds is 3. The molecule has 5 nitrogen and oxygen atoms in total. The summed E-state index contributed by atoms with van der Waals surface area (Å²) < 4.78 is 22.8. The normalized spacial score (nSPS) is 28.3. The number of hydrogen-bond acceptors (Lipinski definition) is 4. The first-order chi connectivity index (χ1) is 7.28. The van der Waals surface area contributed by atoms with Crippen LogP contribution in [0.25, 0.3) is 0 Å². The van der Waals surface area contributed by atoms with Gasteiger partial charge >= 0.3 is 0 Å². The van der Waals surface area contributed by atoms with E-state index in [1.165, 1.54) is 4.90 Å². The zero-order valence-corrected chi connectivity index (χ0v) is 10.7. The topological polar surface area (TPSA) is 74.7 Å². The number of nitrogens with zero attached hydrogens (tertiary/aromatic N) is 1. The summed E-state index contributed by atoms with van der Waals surface area (Å²) in [5.41, 5.74) is 0. The lowest BCUT2D eigenvalue weighted by Crippen LogP contribution is -2.50. The first-order valence-corrected chi connectivity index (χ1v) is 7.30. The summed E-state index contributed by atoms with van der Waals surface area (Å²) in [5.74, 6) is -0.480. The van der Waals surface area contributed by atoms with Gasteiger partial charge in [0.15, 0.2) is 9.84 Å². The van der Waals surface area contributed by atoms with Crippen molar-refractivity contribution in [1.29, 1.82) is 0 Å². The van der Waals surface area contributed by atoms with Gasteiger partial charge < -0.3 is 10.0 Å². The van der Waals surface area contributed by atoms with E-state index in [0.29, 0.717) is 6.42 Å². The Kier molecular flexibility index (Phi) is 3.96. The summed E-state index contributed by atoms with van der Waals surface area (Å²) in [6.45, 7) is 5.38. The van der Waals surface area contributed by atoms with Crippen LogP contribution in [0.3, 0.4) is 0 Å². The van der Waals surface area contributed by atoms with Crippen molar-refractivity contribution in [2.24, 2.45) is 0 Å². The highest BCUT2D eigenvalue weighted by atomic mass is 32.2. The van der Waals surface area contributed by atoms with Crippen LogP contribution in [0.15, 0.2) is 0 Å². The molecule has 0 radical (unpaired) electrons. The molecule has 0 bridgehead atoms. The van der Waals surface area contributed by atoms with Gasteiger partial charge in [-0.05, 0) is 13.8 Å². The molecule has 0 aliphatic carbocycles. The molecule has 16 heavy (non-hydrogen) atoms. The maximum Gasteiger partial charge on any atom is 0.222 e. The molecular weight excluding hydrogens is 230 g/mol. The average Bonchev–Trinajstić information content (AvgIpc) is 2.39. The predicted octanol–water partition coefficient (Wildman–Crippen LogP) is -0.209. The number of carbonyl (C=O) groups excluding carboxylic acids is 1. The van der Waals surface area contributed by atoms with Crippen molar-refractivity contribution in [2.45, 2.75) is 45.4 Å². The van der Waals surface area contributed by atoms with Crippen LogP contribution >= 0.6 is 0 Å². The Labute approximate surface area is 96.4 Å². The maximum absolute atomic E-state index is 11.7. The summed E-state index contributed by atoms with van der Waals surface area (Å²) >= 11 is 0. The molecule has 1 rings (SSSR count). The van der Waals surface area contributed by atoms with E-state index in [9.17, 15) is 18.3 Å². The molecule has 1 fully saturated rings. The van der Waals surface area contributed by atoms with Crippen LogP contribution in [0.1, 0.15) is 27.2 Å². The molecule has 0 aromatic rings. The smallest absolute Gasteiger partial charge is 0.222 e. The second-order valence-corrected chi connectivity index (χ2v) is 6.61. The molecule has 1 amide bonds. The molecule has 1 saturated heterocycles. The van der Waals surface area contributed by atoms with Crippen molar-refractivity contribution in [2.75, 3.05) is 11.5 Å². The SMILES string of the molecule is CCC(=O)N(C(C)C)[C@@H]1CS(=O)(=O)C[C@H]1O. The molecule has 1 aliphatic heterocycles. The number of aliphatic hydroxyl groups is 1. The van der Waals surface area contributed by atoms with Crippen LogP contribution in [0.4, 0.5) is 0 Å². The Morgan fingerprint density at radius 3 is 2.31 bits per heavy atom. The van der Waals surface area contributed by atoms with Crippen molar-refractivity contribution in [3.63, 3.8) is 0 Å². The van der Waals surface area contributed by atoms with E-state index < -0.39 is 22.0 Å². The molecule has 94 valence electrons. The summed E-state index contributed by atoms with van der Waals surface area (Å²) in [6, 6.07) is -0.683. The van der Waals surface area contributed by atoms with Gasteiger partial charge in [0.2, 0.25) is 5.91 Å². The number of hydrogen-bond donors (Lipinski definition) is 1. The minimum Gasteiger partial charge on any atom is -0.390 e. The van der Waals surface area contributed by atoms with Gasteiger partial charge in [-0.3, -0.25) is 4.79 Å². The second-order valence-electron chi connectivity index (χ2n) is 4.46. The minimum absolute atomic E-state index is 0.0969. The standard InChI is InChI=1S/C10H19NO4S/c1-4-10(13)11(7(2)3)8-5-16(14,15)6-9(8)12/h7-9,12H,4-6H2,1-3H3/t8-,9-/m1/s1. The lowest BCUT2D eigenvalue weighted by atomic mass is 10.1. The van der Waals surface area contributed by atoms with Gasteiger partial charge in [-0.15, -0.1) is 0 Å². The van der Waals surface area contributed by atoms with E-state index in [4.69, 9.17) is 0 Å². The quantitative estimate of drug-likeness (QED) is 0.751. The van der Waals surface area contributed by atoms with Crippen LogP contribution in [0.5, 0.6) is 0 Å². The van der Waals surface area contributed by atoms with Gasteiger partial charge in [-0.1, -0.05) is 6.92 Å². The highest BCUT2D eigenvalue weighted by Gasteiger charge is 2.42. The fourth-order valence-electron chi connectivity index (χ4n) is 2.11. The molecule has 0 unspecified atom stereocenters. The molecule has 0 aromatic carbocycles. The third-order valence-corrected chi connectivity index (χ3v) is 4.50. The van der Waals surface area contributed by atoms with Crippen LogP contribution < -0.4 is 0 Å². The molecular formula is C10H19NO4S. The van der Waals surface area contributed by atoms with Gasteiger partial charge in [0, 0.05) is 12.5 Å². The van der Waals surface area contributed by atoms with Gasteiger partial charge in [-0.2, -0.15) is 0 Å². The molecule has 2 atom stereocenters. The van der Waals surface area contributed by atoms with Crippen LogP contribution in [-0.4, -0.2) is 54.0 Å². The fraction of sp³-hybridized carbons (Fsp3) is 0.900. The summed E-state index contributed by atoms with van der Waals surface area (Å²) in [4.78, 5) is 13.2. The van der Waals surface area contributed by atoms with Gasteiger partial charge in [0.1, 0.15) is 0 Å². The van der Waals surface area contributed by atoms with Crippen LogP contribution in [0.2, 0.25) is 0 Å². The Morgan fingerprint density at radius 1 is 1.44 bits per heavy atom. The summed E-state index contributed by atoms with van der Waals surface area (Å²) in [7, 11) is -3.21. The highest BCUT2D eigenvalue weighted by Crippen LogP contribution is 2.21. The van der Waals surface area contributed by atoms with Gasteiger partial charge in [0.05, 0.1) is 23.7 Å². The molecule has 0 aromatic heterocycles. The molecule has 1 aliphatic rings. The Morgan fingerprint density at radius 2 is 2.00 bits per heavy atom. The van der Waals surface area contributed by atoms with Crippen molar-refractivity contribution in [1.82, 2.24) is 4.90 Å². The van der Waals surface area contributed by atoms with Crippen LogP contribution in [-0.2, 0) is 14.6 Å². The first-order valence-electron chi connectivity index (χ1n) is 5.48. The number of sulfone groups is 1. The average molecular weight is 249 g/mol. The second kappa shape index (κ2) is 4.71. The number of amides is 1. The zero-order chi connectivity index (χ0) is 12.5. The third kappa shape index (κ3) is 2.74. The van der Waals surface area contributed by atoms with Crippen molar-refractivity contribution >= 4 is 15.7 Å². The monoisotopic (exact) mass is 249 g/mol. The maximum atomic E-state index is 11.7. The molecule has 0 spiro atoms. The Bertz CT molecular complexity index is 363. The van der Waals surface area contributed by atoms with Crippen molar-refractivity contribution < 1.29 is 18.3 Å². The first kappa shape index (κ1) is 13.4. The Hall–Kier alpha value is -0.620. The molecule has 0 saturated carbocycles. The van der Waals surface area contributed by atoms with E-state index in [1.807, 2.05) is 13.8 Å². The fourth-order valence-corrected chi connectivity index (χ4v) is 3.90. The van der Waals surface area contributed by atoms with Gasteiger partial charge in [-0.25, -0.2) is 8.42 Å². The lowest BCUT2D eigenvalue weighted by Gasteiger charge is -2.33. The van der Waals surface area contributed by atoms with E-state index >= 15 is 0 Å². The minimum atomic E-state index is -3.21. The number of carbonyl (C=O) groups is 1. The van der Waals surface area contributed by atoms with Crippen molar-refractivity contribution in [3.8, 4) is 0 Å². The predicted molar refractivity (Wildman–Crippen MR) is 60.7 cm³/mol. The van der Waals surface area contributed by atoms with E-state index in [2.05, 4.69) is 0 Å².